The molecule has 12 heteroatoms. The molecule has 6 rings (SSSR count). The fourth-order valence-corrected chi connectivity index (χ4v) is 6.50. The summed E-state index contributed by atoms with van der Waals surface area (Å²) in [4.78, 5) is 32.8. The van der Waals surface area contributed by atoms with Gasteiger partial charge >= 0.3 is 0 Å². The van der Waals surface area contributed by atoms with Gasteiger partial charge in [-0.1, -0.05) is 36.4 Å². The van der Waals surface area contributed by atoms with Crippen LogP contribution in [0.1, 0.15) is 27.8 Å². The quantitative estimate of drug-likeness (QED) is 0.101. The monoisotopic (exact) mass is 633 g/mol. The van der Waals surface area contributed by atoms with Crippen LogP contribution in [-0.4, -0.2) is 36.2 Å². The molecule has 10 nitrogen and oxygen atoms in total. The molecule has 5 aromatic rings. The van der Waals surface area contributed by atoms with E-state index in [1.807, 2.05) is 94.4 Å². The molecule has 224 valence electrons. The molecule has 0 bridgehead atoms. The summed E-state index contributed by atoms with van der Waals surface area (Å²) < 4.78 is 1.52. The van der Waals surface area contributed by atoms with Crippen LogP contribution in [0.4, 0.5) is 17.1 Å². The van der Waals surface area contributed by atoms with Gasteiger partial charge in [0.05, 0.1) is 31.8 Å². The standard InChI is InChI=1S/C33H27N7O3S2/c1-20-10-13-25(16-22(20)3)34-32-38(27-14-11-21(2)23(4)17-27)31(41)30(45-32)19-24-12-15-29(28(18-24)40(42)43)44-33-35-36-37-39(33)26-8-6-5-7-9-26/h5-19H,1-4H3/b30-19-,34-32?. The van der Waals surface area contributed by atoms with Crippen LogP contribution in [0.3, 0.4) is 0 Å². The molecule has 0 spiro atoms. The fraction of sp³-hybridized carbons (Fsp3) is 0.121. The molecule has 1 aliphatic heterocycles. The number of benzene rings is 4. The first-order valence-corrected chi connectivity index (χ1v) is 15.6. The van der Waals surface area contributed by atoms with Crippen molar-refractivity contribution in [3.63, 3.8) is 0 Å². The van der Waals surface area contributed by atoms with Gasteiger partial charge in [0.1, 0.15) is 0 Å². The number of aryl methyl sites for hydroxylation is 4. The molecule has 1 fully saturated rings. The largest absolute Gasteiger partial charge is 0.283 e. The lowest BCUT2D eigenvalue weighted by Crippen LogP contribution is -2.28. The number of hydrogen-bond donors (Lipinski definition) is 0. The molecule has 0 aliphatic carbocycles. The second-order valence-corrected chi connectivity index (χ2v) is 12.5. The summed E-state index contributed by atoms with van der Waals surface area (Å²) >= 11 is 2.33. The molecular weight excluding hydrogens is 607 g/mol. The number of carbonyl (C=O) groups is 1. The van der Waals surface area contributed by atoms with E-state index in [2.05, 4.69) is 15.5 Å². The van der Waals surface area contributed by atoms with E-state index in [-0.39, 0.29) is 11.6 Å². The lowest BCUT2D eigenvalue weighted by atomic mass is 10.1. The minimum absolute atomic E-state index is 0.123. The normalized spacial score (nSPS) is 14.9. The van der Waals surface area contributed by atoms with E-state index in [1.165, 1.54) is 22.5 Å². The predicted octanol–water partition coefficient (Wildman–Crippen LogP) is 7.76. The van der Waals surface area contributed by atoms with Gasteiger partial charge in [-0.05, 0) is 138 Å². The van der Waals surface area contributed by atoms with E-state index in [1.54, 1.807) is 23.1 Å². The molecule has 45 heavy (non-hydrogen) atoms. The first kappa shape index (κ1) is 30.0. The molecule has 1 saturated heterocycles. The Labute approximate surface area is 268 Å². The van der Waals surface area contributed by atoms with Gasteiger partial charge in [0.2, 0.25) is 5.16 Å². The molecule has 4 aromatic carbocycles. The summed E-state index contributed by atoms with van der Waals surface area (Å²) in [7, 11) is 0. The number of rotatable bonds is 7. The van der Waals surface area contributed by atoms with Gasteiger partial charge < -0.3 is 0 Å². The van der Waals surface area contributed by atoms with Gasteiger partial charge in [-0.2, -0.15) is 4.68 Å². The van der Waals surface area contributed by atoms with Gasteiger partial charge in [0, 0.05) is 6.07 Å². The van der Waals surface area contributed by atoms with Crippen LogP contribution in [0.15, 0.2) is 105 Å². The Balaban J connectivity index is 1.36. The molecule has 1 aliphatic rings. The zero-order chi connectivity index (χ0) is 31.7. The number of anilines is 1. The lowest BCUT2D eigenvalue weighted by Gasteiger charge is -2.17. The maximum Gasteiger partial charge on any atom is 0.283 e. The minimum atomic E-state index is -0.446. The zero-order valence-electron chi connectivity index (χ0n) is 24.8. The number of aromatic nitrogens is 4. The van der Waals surface area contributed by atoms with Crippen molar-refractivity contribution in [3.8, 4) is 5.69 Å². The highest BCUT2D eigenvalue weighted by atomic mass is 32.2. The SMILES string of the molecule is Cc1ccc(N=C2S/C(=C\c3ccc(Sc4nnnn4-c4ccccc4)c([N+](=O)[O-])c3)C(=O)N2c2ccc(C)c(C)c2)cc1C. The average Bonchev–Trinajstić information content (AvgIpc) is 3.61. The zero-order valence-corrected chi connectivity index (χ0v) is 26.5. The Morgan fingerprint density at radius 2 is 1.60 bits per heavy atom. The third-order valence-corrected chi connectivity index (χ3v) is 9.36. The van der Waals surface area contributed by atoms with Crippen molar-refractivity contribution in [1.29, 1.82) is 0 Å². The van der Waals surface area contributed by atoms with Crippen molar-refractivity contribution < 1.29 is 9.72 Å². The second-order valence-electron chi connectivity index (χ2n) is 10.5. The number of carbonyl (C=O) groups excluding carboxylic acids is 1. The summed E-state index contributed by atoms with van der Waals surface area (Å²) in [6.45, 7) is 8.08. The number of aliphatic imine (C=N–C) groups is 1. The number of amidine groups is 1. The van der Waals surface area contributed by atoms with Crippen molar-refractivity contribution in [2.24, 2.45) is 4.99 Å². The number of nitrogens with zero attached hydrogens (tertiary/aromatic N) is 7. The number of thioether (sulfide) groups is 1. The Morgan fingerprint density at radius 3 is 2.31 bits per heavy atom. The van der Waals surface area contributed by atoms with Gasteiger partial charge in [0.25, 0.3) is 11.6 Å². The second kappa shape index (κ2) is 12.5. The number of para-hydroxylation sites is 1. The van der Waals surface area contributed by atoms with Crippen molar-refractivity contribution in [2.45, 2.75) is 37.7 Å². The number of amides is 1. The van der Waals surface area contributed by atoms with Crippen molar-refractivity contribution in [2.75, 3.05) is 4.90 Å². The fourth-order valence-electron chi connectivity index (χ4n) is 4.62. The van der Waals surface area contributed by atoms with Gasteiger partial charge in [-0.3, -0.25) is 19.8 Å². The Bertz CT molecular complexity index is 2020. The summed E-state index contributed by atoms with van der Waals surface area (Å²) in [6.07, 6.45) is 1.67. The number of nitro benzene ring substituents is 1. The summed E-state index contributed by atoms with van der Waals surface area (Å²) in [6, 6.07) is 25.9. The van der Waals surface area contributed by atoms with E-state index >= 15 is 0 Å². The third kappa shape index (κ3) is 6.28. The lowest BCUT2D eigenvalue weighted by molar-refractivity contribution is -0.387. The van der Waals surface area contributed by atoms with E-state index < -0.39 is 4.92 Å². The summed E-state index contributed by atoms with van der Waals surface area (Å²) in [5.74, 6) is -0.256. The molecule has 0 saturated carbocycles. The first-order valence-electron chi connectivity index (χ1n) is 14.0. The molecule has 1 aromatic heterocycles. The molecule has 0 radical (unpaired) electrons. The van der Waals surface area contributed by atoms with Crippen LogP contribution >= 0.6 is 23.5 Å². The highest BCUT2D eigenvalue weighted by molar-refractivity contribution is 8.19. The topological polar surface area (TPSA) is 119 Å². The maximum absolute atomic E-state index is 13.9. The Morgan fingerprint density at radius 1 is 0.867 bits per heavy atom. The smallest absolute Gasteiger partial charge is 0.268 e. The molecule has 0 N–H and O–H groups in total. The maximum atomic E-state index is 13.9. The van der Waals surface area contributed by atoms with E-state index in [9.17, 15) is 14.9 Å². The third-order valence-electron chi connectivity index (χ3n) is 7.39. The van der Waals surface area contributed by atoms with Gasteiger partial charge in [-0.15, -0.1) is 5.10 Å². The van der Waals surface area contributed by atoms with Crippen LogP contribution in [-0.2, 0) is 4.79 Å². The average molecular weight is 634 g/mol. The minimum Gasteiger partial charge on any atom is -0.268 e. The predicted molar refractivity (Wildman–Crippen MR) is 178 cm³/mol. The van der Waals surface area contributed by atoms with E-state index in [0.29, 0.717) is 31.4 Å². The molecule has 1 amide bonds. The van der Waals surface area contributed by atoms with Gasteiger partial charge in [-0.25, -0.2) is 4.99 Å². The van der Waals surface area contributed by atoms with Gasteiger partial charge in [0.15, 0.2) is 5.17 Å². The molecular formula is C33H27N7O3S2. The van der Waals surface area contributed by atoms with Crippen molar-refractivity contribution in [3.05, 3.63) is 128 Å². The number of hydrogen-bond acceptors (Lipinski definition) is 9. The summed E-state index contributed by atoms with van der Waals surface area (Å²) in [5, 5.41) is 24.9. The summed E-state index contributed by atoms with van der Waals surface area (Å²) in [5.41, 5.74) is 6.98. The van der Waals surface area contributed by atoms with Crippen LogP contribution in [0.2, 0.25) is 0 Å². The number of tetrazole rings is 1. The van der Waals surface area contributed by atoms with Crippen molar-refractivity contribution in [1.82, 2.24) is 20.2 Å². The highest BCUT2D eigenvalue weighted by Crippen LogP contribution is 2.40. The molecule has 0 atom stereocenters. The van der Waals surface area contributed by atoms with E-state index in [0.717, 1.165) is 45.4 Å². The molecule has 0 unspecified atom stereocenters. The van der Waals surface area contributed by atoms with Crippen LogP contribution in [0.5, 0.6) is 0 Å². The Kier molecular flexibility index (Phi) is 8.33. The Hall–Kier alpha value is -5.07. The van der Waals surface area contributed by atoms with Crippen LogP contribution in [0, 0.1) is 37.8 Å². The highest BCUT2D eigenvalue weighted by Gasteiger charge is 2.35. The van der Waals surface area contributed by atoms with Crippen LogP contribution < -0.4 is 4.90 Å². The molecule has 2 heterocycles. The van der Waals surface area contributed by atoms with Crippen molar-refractivity contribution >= 4 is 57.7 Å². The van der Waals surface area contributed by atoms with Crippen LogP contribution in [0.25, 0.3) is 11.8 Å². The first-order chi connectivity index (χ1) is 21.7. The number of nitro groups is 1. The van der Waals surface area contributed by atoms with E-state index in [4.69, 9.17) is 4.99 Å².